The Morgan fingerprint density at radius 1 is 0.931 bits per heavy atom. The number of methoxy groups -OCH3 is 1. The lowest BCUT2D eigenvalue weighted by Gasteiger charge is -2.27. The number of benzene rings is 2. The number of rotatable bonds is 6. The van der Waals surface area contributed by atoms with Gasteiger partial charge in [0.1, 0.15) is 11.4 Å². The first-order chi connectivity index (χ1) is 14.2. The molecule has 29 heavy (non-hydrogen) atoms. The van der Waals surface area contributed by atoms with E-state index >= 15 is 0 Å². The van der Waals surface area contributed by atoms with Gasteiger partial charge in [0.2, 0.25) is 5.91 Å². The van der Waals surface area contributed by atoms with E-state index in [1.54, 1.807) is 24.2 Å². The molecule has 1 N–H and O–H groups in total. The molecule has 0 atom stereocenters. The predicted molar refractivity (Wildman–Crippen MR) is 115 cm³/mol. The SMILES string of the molecule is COc1ccc(/C=C(/NC(=O)/C=C/c2ccccc2)C(=O)N2CCCCC2)cc1. The molecule has 1 heterocycles. The van der Waals surface area contributed by atoms with E-state index < -0.39 is 0 Å². The minimum atomic E-state index is -0.334. The summed E-state index contributed by atoms with van der Waals surface area (Å²) in [6.07, 6.45) is 8.00. The highest BCUT2D eigenvalue weighted by Crippen LogP contribution is 2.16. The molecule has 1 aliphatic rings. The Balaban J connectivity index is 1.79. The Morgan fingerprint density at radius 2 is 1.62 bits per heavy atom. The summed E-state index contributed by atoms with van der Waals surface area (Å²) in [4.78, 5) is 27.3. The average molecular weight is 390 g/mol. The van der Waals surface area contributed by atoms with Gasteiger partial charge >= 0.3 is 0 Å². The van der Waals surface area contributed by atoms with Crippen LogP contribution in [0.2, 0.25) is 0 Å². The van der Waals surface area contributed by atoms with Gasteiger partial charge in [-0.15, -0.1) is 0 Å². The van der Waals surface area contributed by atoms with Crippen molar-refractivity contribution in [3.05, 3.63) is 77.5 Å². The lowest BCUT2D eigenvalue weighted by molar-refractivity contribution is -0.129. The molecule has 2 aromatic carbocycles. The van der Waals surface area contributed by atoms with Gasteiger partial charge in [-0.3, -0.25) is 9.59 Å². The molecular weight excluding hydrogens is 364 g/mol. The van der Waals surface area contributed by atoms with Crippen molar-refractivity contribution in [1.82, 2.24) is 10.2 Å². The van der Waals surface area contributed by atoms with E-state index in [1.165, 1.54) is 6.08 Å². The van der Waals surface area contributed by atoms with E-state index in [2.05, 4.69) is 5.32 Å². The molecule has 0 spiro atoms. The number of nitrogens with zero attached hydrogens (tertiary/aromatic N) is 1. The Morgan fingerprint density at radius 3 is 2.28 bits per heavy atom. The van der Waals surface area contributed by atoms with Crippen molar-refractivity contribution in [2.45, 2.75) is 19.3 Å². The second kappa shape index (κ2) is 10.3. The van der Waals surface area contributed by atoms with Crippen LogP contribution in [0.15, 0.2) is 66.4 Å². The Kier molecular flexibility index (Phi) is 7.22. The van der Waals surface area contributed by atoms with E-state index in [1.807, 2.05) is 54.6 Å². The summed E-state index contributed by atoms with van der Waals surface area (Å²) in [5.41, 5.74) is 2.02. The topological polar surface area (TPSA) is 58.6 Å². The van der Waals surface area contributed by atoms with Crippen LogP contribution in [0.25, 0.3) is 12.2 Å². The van der Waals surface area contributed by atoms with Crippen LogP contribution in [-0.2, 0) is 9.59 Å². The first-order valence-electron chi connectivity index (χ1n) is 9.85. The van der Waals surface area contributed by atoms with E-state index in [9.17, 15) is 9.59 Å². The van der Waals surface area contributed by atoms with E-state index in [4.69, 9.17) is 4.74 Å². The van der Waals surface area contributed by atoms with Gasteiger partial charge in [0.15, 0.2) is 0 Å². The Labute approximate surface area is 171 Å². The first kappa shape index (κ1) is 20.4. The van der Waals surface area contributed by atoms with E-state index in [0.29, 0.717) is 13.1 Å². The number of amides is 2. The summed E-state index contributed by atoms with van der Waals surface area (Å²) in [5.74, 6) is 0.252. The molecule has 2 aromatic rings. The Hall–Kier alpha value is -3.34. The summed E-state index contributed by atoms with van der Waals surface area (Å²) < 4.78 is 5.18. The maximum Gasteiger partial charge on any atom is 0.270 e. The molecule has 150 valence electrons. The van der Waals surface area contributed by atoms with Crippen LogP contribution in [-0.4, -0.2) is 36.9 Å². The van der Waals surface area contributed by atoms with Gasteiger partial charge in [-0.1, -0.05) is 42.5 Å². The molecule has 0 aliphatic carbocycles. The molecule has 5 heteroatoms. The van der Waals surface area contributed by atoms with Crippen LogP contribution in [0.5, 0.6) is 5.75 Å². The van der Waals surface area contributed by atoms with Gasteiger partial charge in [0.25, 0.3) is 5.91 Å². The van der Waals surface area contributed by atoms with Crippen molar-refractivity contribution in [2.24, 2.45) is 0 Å². The molecule has 1 saturated heterocycles. The van der Waals surface area contributed by atoms with Crippen LogP contribution in [0.1, 0.15) is 30.4 Å². The summed E-state index contributed by atoms with van der Waals surface area (Å²) >= 11 is 0. The molecule has 1 fully saturated rings. The highest BCUT2D eigenvalue weighted by molar-refractivity contribution is 6.04. The fraction of sp³-hybridized carbons (Fsp3) is 0.250. The number of ether oxygens (including phenoxy) is 1. The maximum atomic E-state index is 13.0. The highest BCUT2D eigenvalue weighted by Gasteiger charge is 2.21. The van der Waals surface area contributed by atoms with Gasteiger partial charge < -0.3 is 15.0 Å². The van der Waals surface area contributed by atoms with Gasteiger partial charge in [-0.25, -0.2) is 0 Å². The number of hydrogen-bond donors (Lipinski definition) is 1. The normalized spacial score (nSPS) is 14.7. The lowest BCUT2D eigenvalue weighted by atomic mass is 10.1. The van der Waals surface area contributed by atoms with Crippen molar-refractivity contribution < 1.29 is 14.3 Å². The second-order valence-electron chi connectivity index (χ2n) is 6.92. The van der Waals surface area contributed by atoms with Crippen molar-refractivity contribution >= 4 is 24.0 Å². The summed E-state index contributed by atoms with van der Waals surface area (Å²) in [6, 6.07) is 16.9. The van der Waals surface area contributed by atoms with Crippen LogP contribution in [0.4, 0.5) is 0 Å². The van der Waals surface area contributed by atoms with Crippen LogP contribution >= 0.6 is 0 Å². The molecule has 0 bridgehead atoms. The van der Waals surface area contributed by atoms with E-state index in [-0.39, 0.29) is 17.5 Å². The quantitative estimate of drug-likeness (QED) is 0.762. The fourth-order valence-electron chi connectivity index (χ4n) is 3.20. The second-order valence-corrected chi connectivity index (χ2v) is 6.92. The maximum absolute atomic E-state index is 13.0. The fourth-order valence-corrected chi connectivity index (χ4v) is 3.20. The smallest absolute Gasteiger partial charge is 0.270 e. The highest BCUT2D eigenvalue weighted by atomic mass is 16.5. The number of carbonyl (C=O) groups excluding carboxylic acids is 2. The molecule has 3 rings (SSSR count). The van der Waals surface area contributed by atoms with Gasteiger partial charge in [-0.2, -0.15) is 0 Å². The van der Waals surface area contributed by atoms with Gasteiger partial charge in [-0.05, 0) is 54.7 Å². The number of piperidine rings is 1. The van der Waals surface area contributed by atoms with E-state index in [0.717, 1.165) is 36.1 Å². The zero-order valence-corrected chi connectivity index (χ0v) is 16.6. The summed E-state index contributed by atoms with van der Waals surface area (Å²) in [6.45, 7) is 1.43. The lowest BCUT2D eigenvalue weighted by Crippen LogP contribution is -2.40. The standard InChI is InChI=1S/C24H26N2O3/c1-29-21-13-10-20(11-14-21)18-22(24(28)26-16-6-3-7-17-26)25-23(27)15-12-19-8-4-2-5-9-19/h2,4-5,8-15,18H,3,6-7,16-17H2,1H3,(H,25,27)/b15-12+,22-18+. The molecule has 0 unspecified atom stereocenters. The minimum Gasteiger partial charge on any atom is -0.497 e. The third-order valence-corrected chi connectivity index (χ3v) is 4.79. The van der Waals surface area contributed by atoms with Gasteiger partial charge in [0, 0.05) is 19.2 Å². The zero-order chi connectivity index (χ0) is 20.5. The predicted octanol–water partition coefficient (Wildman–Crippen LogP) is 3.88. The summed E-state index contributed by atoms with van der Waals surface area (Å²) in [7, 11) is 1.61. The molecule has 0 saturated carbocycles. The Bertz CT molecular complexity index is 880. The number of carbonyl (C=O) groups is 2. The average Bonchev–Trinajstić information content (AvgIpc) is 2.78. The number of hydrogen-bond acceptors (Lipinski definition) is 3. The van der Waals surface area contributed by atoms with Crippen molar-refractivity contribution in [1.29, 1.82) is 0 Å². The van der Waals surface area contributed by atoms with Crippen LogP contribution < -0.4 is 10.1 Å². The van der Waals surface area contributed by atoms with Crippen molar-refractivity contribution in [3.8, 4) is 5.75 Å². The largest absolute Gasteiger partial charge is 0.497 e. The molecule has 1 aliphatic heterocycles. The molecule has 0 radical (unpaired) electrons. The minimum absolute atomic E-state index is 0.151. The van der Waals surface area contributed by atoms with Crippen molar-refractivity contribution in [3.63, 3.8) is 0 Å². The monoisotopic (exact) mass is 390 g/mol. The first-order valence-corrected chi connectivity index (χ1v) is 9.85. The zero-order valence-electron chi connectivity index (χ0n) is 16.6. The van der Waals surface area contributed by atoms with Crippen LogP contribution in [0.3, 0.4) is 0 Å². The van der Waals surface area contributed by atoms with Gasteiger partial charge in [0.05, 0.1) is 7.11 Å². The molecule has 5 nitrogen and oxygen atoms in total. The third kappa shape index (κ3) is 6.07. The number of nitrogens with one attached hydrogen (secondary N) is 1. The number of likely N-dealkylation sites (tertiary alicyclic amines) is 1. The molecule has 2 amide bonds. The van der Waals surface area contributed by atoms with Crippen molar-refractivity contribution in [2.75, 3.05) is 20.2 Å². The molecule has 0 aromatic heterocycles. The van der Waals surface area contributed by atoms with Crippen LogP contribution in [0, 0.1) is 0 Å². The molecular formula is C24H26N2O3. The third-order valence-electron chi connectivity index (χ3n) is 4.79. The summed E-state index contributed by atoms with van der Waals surface area (Å²) in [5, 5.41) is 2.77.